The van der Waals surface area contributed by atoms with E-state index in [1.54, 1.807) is 12.1 Å². The van der Waals surface area contributed by atoms with Crippen LogP contribution in [0.1, 0.15) is 73.6 Å². The number of aromatic nitrogens is 4. The third kappa shape index (κ3) is 17.7. The molecule has 0 N–H and O–H groups in total. The SMILES string of the molecule is CC1(C)OB(c2ccc3c(c2)C(c2ccnc(N4CCOCC4)c2)=NC3)OC1(C)C.Fc1nccc(OCc2ccccc2)c1-c1ccc2c(c1)C(c1ccnc(N3CCOCC3)c1)=NC2.Fc1nccc(OCc2ccccc2)c1Br.O=CO[O-].[Cs+].[Cs+].[H-]. The van der Waals surface area contributed by atoms with E-state index in [0.717, 1.165) is 107 Å². The summed E-state index contributed by atoms with van der Waals surface area (Å²) in [7, 11) is -0.372. The largest absolute Gasteiger partial charge is 1.00 e. The first kappa shape index (κ1) is 69.7. The molecule has 0 atom stereocenters. The van der Waals surface area contributed by atoms with Crippen LogP contribution in [0.4, 0.5) is 20.4 Å². The maximum atomic E-state index is 15.0. The fourth-order valence-electron chi connectivity index (χ4n) is 10.0. The first-order valence-electron chi connectivity index (χ1n) is 28.1. The van der Waals surface area contributed by atoms with E-state index in [1.807, 2.05) is 103 Å². The number of benzene rings is 4. The molecule has 0 amide bonds. The van der Waals surface area contributed by atoms with Crippen LogP contribution in [-0.4, -0.2) is 109 Å². The Morgan fingerprint density at radius 3 is 1.56 bits per heavy atom. The summed E-state index contributed by atoms with van der Waals surface area (Å²) in [6, 6.07) is 43.4. The number of carbonyl (C=O) groups excluding carboxylic acids is 1. The fraction of sp³-hybridized carbons (Fsp3) is 0.277. The summed E-state index contributed by atoms with van der Waals surface area (Å²) in [5, 5.41) is 8.43. The molecule has 0 bridgehead atoms. The van der Waals surface area contributed by atoms with Gasteiger partial charge in [-0.15, -0.1) is 0 Å². The molecule has 17 nitrogen and oxygen atoms in total. The number of rotatable bonds is 13. The van der Waals surface area contributed by atoms with Crippen molar-refractivity contribution in [1.29, 1.82) is 0 Å². The number of halogens is 3. The van der Waals surface area contributed by atoms with E-state index >= 15 is 4.39 Å². The normalized spacial score (nSPS) is 15.8. The molecule has 13 rings (SSSR count). The molecule has 3 fully saturated rings. The second-order valence-electron chi connectivity index (χ2n) is 21.3. The van der Waals surface area contributed by atoms with Crippen LogP contribution in [0.2, 0.25) is 0 Å². The number of fused-ring (bicyclic) bond motifs is 2. The van der Waals surface area contributed by atoms with Gasteiger partial charge in [-0.25, -0.2) is 19.9 Å². The van der Waals surface area contributed by atoms with Gasteiger partial charge < -0.3 is 49.6 Å². The van der Waals surface area contributed by atoms with Crippen LogP contribution in [-0.2, 0) is 54.8 Å². The van der Waals surface area contributed by atoms with Gasteiger partial charge in [-0.1, -0.05) is 91.0 Å². The first-order valence-corrected chi connectivity index (χ1v) is 28.9. The predicted molar refractivity (Wildman–Crippen MR) is 327 cm³/mol. The van der Waals surface area contributed by atoms with Crippen LogP contribution >= 0.6 is 15.9 Å². The zero-order chi connectivity index (χ0) is 60.0. The number of hydrogen-bond donors (Lipinski definition) is 0. The number of pyridine rings is 4. The maximum Gasteiger partial charge on any atom is 1.00 e. The Kier molecular flexibility index (Phi) is 26.4. The molecule has 3 saturated heterocycles. The number of morpholine rings is 2. The van der Waals surface area contributed by atoms with E-state index in [9.17, 15) is 4.39 Å². The van der Waals surface area contributed by atoms with Gasteiger partial charge in [-0.05, 0) is 119 Å². The van der Waals surface area contributed by atoms with Crippen molar-refractivity contribution in [2.75, 3.05) is 62.4 Å². The van der Waals surface area contributed by atoms with E-state index < -0.39 is 11.9 Å². The molecule has 88 heavy (non-hydrogen) atoms. The Hall–Kier alpha value is -4.20. The van der Waals surface area contributed by atoms with Gasteiger partial charge in [-0.2, -0.15) is 8.78 Å². The van der Waals surface area contributed by atoms with Crippen molar-refractivity contribution in [1.82, 2.24) is 19.9 Å². The molecule has 4 aromatic carbocycles. The Bertz CT molecular complexity index is 3690. The summed E-state index contributed by atoms with van der Waals surface area (Å²) in [6.45, 7) is 16.4. The van der Waals surface area contributed by atoms with Crippen molar-refractivity contribution in [3.63, 3.8) is 0 Å². The molecule has 0 saturated carbocycles. The van der Waals surface area contributed by atoms with Crippen molar-refractivity contribution in [3.8, 4) is 22.6 Å². The Balaban J connectivity index is 0.000000192. The average Bonchev–Trinajstić information content (AvgIpc) is 1.77. The summed E-state index contributed by atoms with van der Waals surface area (Å²) in [6.07, 6.45) is 6.50. The smallest absolute Gasteiger partial charge is 1.00 e. The predicted octanol–water partition coefficient (Wildman–Crippen LogP) is 3.74. The Labute approximate surface area is 639 Å². The number of aliphatic imine (C=N–C) groups is 2. The zero-order valence-electron chi connectivity index (χ0n) is 51.0. The summed E-state index contributed by atoms with van der Waals surface area (Å²) < 4.78 is 63.3. The monoisotopic (exact) mass is 1490 g/mol. The molecule has 0 unspecified atom stereocenters. The van der Waals surface area contributed by atoms with Crippen molar-refractivity contribution in [3.05, 3.63) is 219 Å². The molecular weight excluding hydrogens is 1430 g/mol. The van der Waals surface area contributed by atoms with Crippen LogP contribution < -0.4 is 168 Å². The number of anilines is 2. The summed E-state index contributed by atoms with van der Waals surface area (Å²) >= 11 is 3.09. The maximum absolute atomic E-state index is 15.0. The average molecular weight is 1500 g/mol. The zero-order valence-corrected chi connectivity index (χ0v) is 64.2. The summed E-state index contributed by atoms with van der Waals surface area (Å²) in [5.74, 6) is 1.69. The molecule has 0 radical (unpaired) electrons. The van der Waals surface area contributed by atoms with Crippen LogP contribution in [0, 0.1) is 11.9 Å². The quantitative estimate of drug-likeness (QED) is 0.0534. The molecule has 444 valence electrons. The third-order valence-electron chi connectivity index (χ3n) is 15.3. The van der Waals surface area contributed by atoms with E-state index in [1.165, 1.54) is 18.0 Å². The number of ether oxygens (including phenoxy) is 4. The van der Waals surface area contributed by atoms with Gasteiger partial charge >= 0.3 is 145 Å². The van der Waals surface area contributed by atoms with E-state index in [-0.39, 0.29) is 168 Å². The van der Waals surface area contributed by atoms with Crippen LogP contribution in [0.15, 0.2) is 173 Å². The molecule has 5 aliphatic heterocycles. The molecule has 5 aliphatic rings. The topological polar surface area (TPSA) is 188 Å². The van der Waals surface area contributed by atoms with E-state index in [2.05, 4.69) is 109 Å². The molecule has 8 aromatic rings. The molecular formula is C65H64BBrCs2F2N8O9. The number of nitrogens with zero attached hydrogens (tertiary/aromatic N) is 8. The van der Waals surface area contributed by atoms with Crippen LogP contribution in [0.25, 0.3) is 11.1 Å². The minimum atomic E-state index is -0.564. The van der Waals surface area contributed by atoms with Crippen molar-refractivity contribution in [2.24, 2.45) is 9.98 Å². The van der Waals surface area contributed by atoms with Crippen molar-refractivity contribution >= 4 is 58.0 Å². The fourth-order valence-corrected chi connectivity index (χ4v) is 10.4. The Morgan fingerprint density at radius 2 is 1.05 bits per heavy atom. The molecule has 4 aromatic heterocycles. The van der Waals surface area contributed by atoms with Crippen molar-refractivity contribution in [2.45, 2.75) is 65.2 Å². The van der Waals surface area contributed by atoms with Gasteiger partial charge in [0.2, 0.25) is 11.9 Å². The van der Waals surface area contributed by atoms with Crippen LogP contribution in [0.5, 0.6) is 11.5 Å². The van der Waals surface area contributed by atoms with E-state index in [0.29, 0.717) is 62.1 Å². The molecule has 0 spiro atoms. The molecule has 0 aliphatic carbocycles. The Morgan fingerprint density at radius 1 is 0.591 bits per heavy atom. The summed E-state index contributed by atoms with van der Waals surface area (Å²) in [4.78, 5) is 42.0. The minimum Gasteiger partial charge on any atom is -1.00 e. The van der Waals surface area contributed by atoms with Gasteiger partial charge in [0.15, 0.2) is 0 Å². The van der Waals surface area contributed by atoms with Crippen molar-refractivity contribution < 1.29 is 191 Å². The molecule has 23 heteroatoms. The number of carbonyl (C=O) groups is 1. The summed E-state index contributed by atoms with van der Waals surface area (Å²) in [5.41, 5.74) is 11.9. The standard InChI is InChI=1S/C29H25FN4O2.C23H28BN3O3.C12H9BrFNO.CH2O3.2Cs.H/c30-29-27(25(9-11-32-29)36-19-20-4-2-1-3-5-20)21-6-7-23-18-33-28(24(23)16-21)22-8-10-31-26(17-22)34-12-14-35-15-13-34;1-22(2)23(3,4)30-24(29-22)18-6-5-17-15-26-21(19(17)14-18)16-7-8-25-20(13-16)27-9-11-28-12-10-27;13-11-10(6-7-15-12(11)14)16-8-9-4-2-1-3-5-9;2-1-4-3;;;/h1-11,16-17H,12-15,18-19H2;5-8,13-14H,9-12,15H2,1-4H3;1-7H,8H2;1,3H;;;/q;;;;2*+1;-1/p-1. The second-order valence-corrected chi connectivity index (χ2v) is 22.1. The van der Waals surface area contributed by atoms with Gasteiger partial charge in [0.25, 0.3) is 6.47 Å². The number of hydrogen-bond acceptors (Lipinski definition) is 17. The third-order valence-corrected chi connectivity index (χ3v) is 16.0. The van der Waals surface area contributed by atoms with Gasteiger partial charge in [-0.3, -0.25) is 14.8 Å². The minimum absolute atomic E-state index is 0. The molecule has 9 heterocycles. The van der Waals surface area contributed by atoms with Gasteiger partial charge in [0, 0.05) is 73.2 Å². The first-order chi connectivity index (χ1) is 41.8. The second kappa shape index (κ2) is 33.4. The van der Waals surface area contributed by atoms with Crippen LogP contribution in [0.3, 0.4) is 0 Å². The van der Waals surface area contributed by atoms with Gasteiger partial charge in [0.05, 0.1) is 67.7 Å². The van der Waals surface area contributed by atoms with E-state index in [4.69, 9.17) is 48.3 Å². The van der Waals surface area contributed by atoms with Gasteiger partial charge in [0.1, 0.15) is 40.8 Å².